The number of carbonyl (C=O) groups excluding carboxylic acids is 1. The van der Waals surface area contributed by atoms with E-state index in [-0.39, 0.29) is 11.7 Å². The Morgan fingerprint density at radius 1 is 1.41 bits per heavy atom. The summed E-state index contributed by atoms with van der Waals surface area (Å²) in [5.74, 6) is -0.682. The maximum Gasteiger partial charge on any atom is 0.245 e. The van der Waals surface area contributed by atoms with Gasteiger partial charge in [-0.15, -0.1) is 0 Å². The van der Waals surface area contributed by atoms with Gasteiger partial charge in [0.25, 0.3) is 0 Å². The molecular formula is C13H13FN2O. The maximum atomic E-state index is 12.6. The zero-order valence-electron chi connectivity index (χ0n) is 9.70. The number of hydrogen-bond acceptors (Lipinski definition) is 2. The van der Waals surface area contributed by atoms with Crippen LogP contribution in [0.15, 0.2) is 30.3 Å². The van der Waals surface area contributed by atoms with Crippen LogP contribution < -0.4 is 5.32 Å². The molecule has 0 aliphatic rings. The summed E-state index contributed by atoms with van der Waals surface area (Å²) in [7, 11) is 0. The molecule has 17 heavy (non-hydrogen) atoms. The third-order valence-corrected chi connectivity index (χ3v) is 2.01. The van der Waals surface area contributed by atoms with E-state index in [0.29, 0.717) is 0 Å². The first-order chi connectivity index (χ1) is 7.93. The van der Waals surface area contributed by atoms with Crippen molar-refractivity contribution < 1.29 is 9.18 Å². The molecule has 0 heterocycles. The fourth-order valence-corrected chi connectivity index (χ4v) is 1.12. The highest BCUT2D eigenvalue weighted by Gasteiger charge is 2.17. The molecule has 3 nitrogen and oxygen atoms in total. The second-order valence-electron chi connectivity index (χ2n) is 4.11. The molecule has 1 amide bonds. The Bertz CT molecular complexity index is 469. The van der Waals surface area contributed by atoms with E-state index in [1.54, 1.807) is 32.1 Å². The molecule has 1 N–H and O–H groups in total. The van der Waals surface area contributed by atoms with Crippen LogP contribution in [0.5, 0.6) is 0 Å². The van der Waals surface area contributed by atoms with E-state index >= 15 is 0 Å². The fourth-order valence-electron chi connectivity index (χ4n) is 1.12. The van der Waals surface area contributed by atoms with E-state index in [9.17, 15) is 9.18 Å². The number of nitrogens with zero attached hydrogens (tertiary/aromatic N) is 1. The minimum Gasteiger partial charge on any atom is -0.335 e. The number of rotatable bonds is 3. The number of nitrogens with one attached hydrogen (secondary N) is 1. The summed E-state index contributed by atoms with van der Waals surface area (Å²) in [6.07, 6.45) is 2.87. The van der Waals surface area contributed by atoms with Gasteiger partial charge in [0.15, 0.2) is 0 Å². The summed E-state index contributed by atoms with van der Waals surface area (Å²) < 4.78 is 12.6. The standard InChI is InChI=1S/C13H13FN2O/c1-13(2,9-15)16-12(17)8-5-10-3-6-11(14)7-4-10/h3-8H,1-2H3,(H,16,17). The van der Waals surface area contributed by atoms with Gasteiger partial charge in [-0.25, -0.2) is 4.39 Å². The molecule has 0 radical (unpaired) electrons. The predicted molar refractivity (Wildman–Crippen MR) is 63.3 cm³/mol. The number of amides is 1. The second kappa shape index (κ2) is 5.26. The van der Waals surface area contributed by atoms with Crippen LogP contribution in [0.2, 0.25) is 0 Å². The topological polar surface area (TPSA) is 52.9 Å². The first-order valence-electron chi connectivity index (χ1n) is 5.10. The Morgan fingerprint density at radius 2 is 2.00 bits per heavy atom. The van der Waals surface area contributed by atoms with Gasteiger partial charge in [-0.05, 0) is 37.6 Å². The maximum absolute atomic E-state index is 12.6. The van der Waals surface area contributed by atoms with Gasteiger partial charge < -0.3 is 5.32 Å². The summed E-state index contributed by atoms with van der Waals surface area (Å²) in [5, 5.41) is 11.3. The zero-order valence-corrected chi connectivity index (χ0v) is 9.70. The molecule has 0 unspecified atom stereocenters. The SMILES string of the molecule is CC(C)(C#N)NC(=O)C=Cc1ccc(F)cc1. The van der Waals surface area contributed by atoms with E-state index in [1.807, 2.05) is 6.07 Å². The van der Waals surface area contributed by atoms with Gasteiger partial charge in [-0.1, -0.05) is 12.1 Å². The van der Waals surface area contributed by atoms with Crippen LogP contribution in [0, 0.1) is 17.1 Å². The Balaban J connectivity index is 2.63. The predicted octanol–water partition coefficient (Wildman–Crippen LogP) is 2.26. The van der Waals surface area contributed by atoms with Gasteiger partial charge in [0.05, 0.1) is 6.07 Å². The molecule has 0 saturated heterocycles. The van der Waals surface area contributed by atoms with Gasteiger partial charge in [0, 0.05) is 6.08 Å². The van der Waals surface area contributed by atoms with Crippen LogP contribution in [-0.4, -0.2) is 11.4 Å². The molecule has 0 spiro atoms. The highest BCUT2D eigenvalue weighted by Crippen LogP contribution is 2.05. The first kappa shape index (κ1) is 12.9. The normalized spacial score (nSPS) is 11.2. The van der Waals surface area contributed by atoms with Crippen molar-refractivity contribution in [2.75, 3.05) is 0 Å². The molecule has 0 saturated carbocycles. The number of halogens is 1. The van der Waals surface area contributed by atoms with Crippen LogP contribution in [0.3, 0.4) is 0 Å². The molecular weight excluding hydrogens is 219 g/mol. The summed E-state index contributed by atoms with van der Waals surface area (Å²) in [6.45, 7) is 3.22. The largest absolute Gasteiger partial charge is 0.335 e. The summed E-state index contributed by atoms with van der Waals surface area (Å²) in [5.41, 5.74) is -0.180. The summed E-state index contributed by atoms with van der Waals surface area (Å²) >= 11 is 0. The number of nitriles is 1. The van der Waals surface area contributed by atoms with Crippen LogP contribution in [-0.2, 0) is 4.79 Å². The summed E-state index contributed by atoms with van der Waals surface area (Å²) in [6, 6.07) is 7.72. The van der Waals surface area contributed by atoms with Gasteiger partial charge in [0.2, 0.25) is 5.91 Å². The number of hydrogen-bond donors (Lipinski definition) is 1. The number of carbonyl (C=O) groups is 1. The Hall–Kier alpha value is -2.15. The van der Waals surface area contributed by atoms with Gasteiger partial charge in [-0.3, -0.25) is 4.79 Å². The molecule has 0 bridgehead atoms. The highest BCUT2D eigenvalue weighted by atomic mass is 19.1. The smallest absolute Gasteiger partial charge is 0.245 e. The first-order valence-corrected chi connectivity index (χ1v) is 5.10. The third-order valence-electron chi connectivity index (χ3n) is 2.01. The van der Waals surface area contributed by atoms with E-state index in [4.69, 9.17) is 5.26 Å². The van der Waals surface area contributed by atoms with Crippen LogP contribution in [0.25, 0.3) is 6.08 Å². The molecule has 4 heteroatoms. The molecule has 0 aliphatic heterocycles. The lowest BCUT2D eigenvalue weighted by Crippen LogP contribution is -2.41. The molecule has 0 aromatic heterocycles. The molecule has 1 aromatic rings. The van der Waals surface area contributed by atoms with Crippen LogP contribution in [0.4, 0.5) is 4.39 Å². The lowest BCUT2D eigenvalue weighted by Gasteiger charge is -2.15. The quantitative estimate of drug-likeness (QED) is 0.813. The Kier molecular flexibility index (Phi) is 4.00. The van der Waals surface area contributed by atoms with Crippen molar-refractivity contribution in [2.45, 2.75) is 19.4 Å². The summed E-state index contributed by atoms with van der Waals surface area (Å²) in [4.78, 5) is 11.4. The zero-order chi connectivity index (χ0) is 12.9. The minimum absolute atomic E-state index is 0.322. The Labute approximate surface area is 99.6 Å². The minimum atomic E-state index is -0.899. The third kappa shape index (κ3) is 4.47. The molecule has 0 atom stereocenters. The molecule has 0 fully saturated rings. The average molecular weight is 232 g/mol. The second-order valence-corrected chi connectivity index (χ2v) is 4.11. The van der Waals surface area contributed by atoms with Crippen molar-refractivity contribution in [1.29, 1.82) is 5.26 Å². The van der Waals surface area contributed by atoms with Crippen molar-refractivity contribution in [3.63, 3.8) is 0 Å². The van der Waals surface area contributed by atoms with Crippen molar-refractivity contribution in [3.05, 3.63) is 41.7 Å². The molecule has 1 aromatic carbocycles. The molecule has 1 rings (SSSR count). The fraction of sp³-hybridized carbons (Fsp3) is 0.231. The van der Waals surface area contributed by atoms with Crippen molar-refractivity contribution in [3.8, 4) is 6.07 Å². The average Bonchev–Trinajstić information content (AvgIpc) is 2.28. The van der Waals surface area contributed by atoms with Gasteiger partial charge in [0.1, 0.15) is 11.4 Å². The van der Waals surface area contributed by atoms with Gasteiger partial charge >= 0.3 is 0 Å². The lowest BCUT2D eigenvalue weighted by molar-refractivity contribution is -0.117. The van der Waals surface area contributed by atoms with Crippen molar-refractivity contribution in [2.24, 2.45) is 0 Å². The van der Waals surface area contributed by atoms with E-state index in [1.165, 1.54) is 18.2 Å². The van der Waals surface area contributed by atoms with Crippen LogP contribution >= 0.6 is 0 Å². The van der Waals surface area contributed by atoms with Gasteiger partial charge in [-0.2, -0.15) is 5.26 Å². The van der Waals surface area contributed by atoms with Crippen molar-refractivity contribution >= 4 is 12.0 Å². The molecule has 0 aliphatic carbocycles. The van der Waals surface area contributed by atoms with Crippen LogP contribution in [0.1, 0.15) is 19.4 Å². The monoisotopic (exact) mass is 232 g/mol. The molecule has 88 valence electrons. The van der Waals surface area contributed by atoms with E-state index < -0.39 is 5.54 Å². The van der Waals surface area contributed by atoms with Crippen molar-refractivity contribution in [1.82, 2.24) is 5.32 Å². The van der Waals surface area contributed by atoms with E-state index in [2.05, 4.69) is 5.32 Å². The Morgan fingerprint density at radius 3 is 2.53 bits per heavy atom. The lowest BCUT2D eigenvalue weighted by atomic mass is 10.1. The number of benzene rings is 1. The van der Waals surface area contributed by atoms with E-state index in [0.717, 1.165) is 5.56 Å². The highest BCUT2D eigenvalue weighted by molar-refractivity contribution is 5.92.